The molecule has 0 spiro atoms. The SMILES string of the molecule is CC(C)N(CC(F)F)C(=O)c1cc(F)ccc1-c1cc(C2CNC2)n2ccncc12. The van der Waals surface area contributed by atoms with Gasteiger partial charge in [-0.15, -0.1) is 0 Å². The number of nitrogens with zero attached hydrogens (tertiary/aromatic N) is 3. The van der Waals surface area contributed by atoms with Crippen LogP contribution in [0, 0.1) is 5.82 Å². The van der Waals surface area contributed by atoms with Crippen molar-refractivity contribution in [3.05, 3.63) is 59.9 Å². The van der Waals surface area contributed by atoms with Gasteiger partial charge in [0.05, 0.1) is 23.8 Å². The van der Waals surface area contributed by atoms with Crippen LogP contribution in [-0.2, 0) is 0 Å². The van der Waals surface area contributed by atoms with Crippen molar-refractivity contribution in [1.29, 1.82) is 0 Å². The van der Waals surface area contributed by atoms with Gasteiger partial charge in [0, 0.05) is 48.7 Å². The Hall–Kier alpha value is -2.87. The second-order valence-corrected chi connectivity index (χ2v) is 7.80. The first kappa shape index (κ1) is 20.4. The van der Waals surface area contributed by atoms with E-state index in [0.29, 0.717) is 11.5 Å². The third-order valence-electron chi connectivity index (χ3n) is 5.53. The highest BCUT2D eigenvalue weighted by atomic mass is 19.3. The van der Waals surface area contributed by atoms with E-state index in [0.717, 1.165) is 40.8 Å². The van der Waals surface area contributed by atoms with Crippen molar-refractivity contribution in [2.75, 3.05) is 19.6 Å². The number of hydrogen-bond donors (Lipinski definition) is 1. The number of amides is 1. The highest BCUT2D eigenvalue weighted by Crippen LogP contribution is 2.35. The fourth-order valence-electron chi connectivity index (χ4n) is 3.87. The number of halogens is 3. The summed E-state index contributed by atoms with van der Waals surface area (Å²) in [7, 11) is 0. The minimum absolute atomic E-state index is 0.0685. The van der Waals surface area contributed by atoms with Crippen molar-refractivity contribution in [3.63, 3.8) is 0 Å². The summed E-state index contributed by atoms with van der Waals surface area (Å²) in [6.45, 7) is 4.32. The maximum Gasteiger partial charge on any atom is 0.255 e. The summed E-state index contributed by atoms with van der Waals surface area (Å²) in [6, 6.07) is 5.48. The summed E-state index contributed by atoms with van der Waals surface area (Å²) in [4.78, 5) is 18.5. The third-order valence-corrected chi connectivity index (χ3v) is 5.53. The molecule has 0 aliphatic carbocycles. The molecule has 158 valence electrons. The van der Waals surface area contributed by atoms with Gasteiger partial charge in [-0.1, -0.05) is 6.07 Å². The number of hydrogen-bond acceptors (Lipinski definition) is 3. The molecular weight excluding hydrogens is 393 g/mol. The lowest BCUT2D eigenvalue weighted by molar-refractivity contribution is 0.0476. The highest BCUT2D eigenvalue weighted by molar-refractivity contribution is 6.03. The van der Waals surface area contributed by atoms with E-state index < -0.39 is 30.7 Å². The maximum absolute atomic E-state index is 14.1. The second kappa shape index (κ2) is 8.10. The normalized spacial score (nSPS) is 14.5. The van der Waals surface area contributed by atoms with Crippen molar-refractivity contribution >= 4 is 11.4 Å². The molecule has 1 N–H and O–H groups in total. The smallest absolute Gasteiger partial charge is 0.255 e. The van der Waals surface area contributed by atoms with Gasteiger partial charge in [0.1, 0.15) is 5.82 Å². The van der Waals surface area contributed by atoms with E-state index >= 15 is 0 Å². The zero-order valence-electron chi connectivity index (χ0n) is 16.8. The molecule has 0 radical (unpaired) electrons. The number of aromatic nitrogens is 2. The topological polar surface area (TPSA) is 49.6 Å². The Bertz CT molecular complexity index is 1080. The molecule has 5 nitrogen and oxygen atoms in total. The van der Waals surface area contributed by atoms with E-state index in [1.54, 1.807) is 26.2 Å². The molecule has 4 rings (SSSR count). The minimum atomic E-state index is -2.68. The van der Waals surface area contributed by atoms with E-state index in [1.807, 2.05) is 16.7 Å². The summed E-state index contributed by atoms with van der Waals surface area (Å²) in [5.41, 5.74) is 3.15. The van der Waals surface area contributed by atoms with Crippen molar-refractivity contribution in [2.45, 2.75) is 32.2 Å². The average Bonchev–Trinajstić information content (AvgIpc) is 3.03. The zero-order valence-corrected chi connectivity index (χ0v) is 16.8. The van der Waals surface area contributed by atoms with Crippen LogP contribution in [-0.4, -0.2) is 52.3 Å². The standard InChI is InChI=1S/C22H23F3N4O/c1-13(2)29(12-21(24)25)22(30)18-7-15(23)3-4-16(18)17-8-19(14-9-27-10-14)28-6-5-26-11-20(17)28/h3-8,11,13-14,21,27H,9-10,12H2,1-2H3. The molecule has 0 atom stereocenters. The van der Waals surface area contributed by atoms with Gasteiger partial charge >= 0.3 is 0 Å². The Balaban J connectivity index is 1.86. The van der Waals surface area contributed by atoms with Crippen LogP contribution in [0.15, 0.2) is 42.9 Å². The molecule has 8 heteroatoms. The fraction of sp³-hybridized carbons (Fsp3) is 0.364. The lowest BCUT2D eigenvalue weighted by atomic mass is 9.96. The quantitative estimate of drug-likeness (QED) is 0.662. The molecule has 3 aromatic rings. The van der Waals surface area contributed by atoms with Crippen LogP contribution in [0.4, 0.5) is 13.2 Å². The van der Waals surface area contributed by atoms with Gasteiger partial charge in [0.25, 0.3) is 12.3 Å². The third kappa shape index (κ3) is 3.67. The van der Waals surface area contributed by atoms with E-state index in [1.165, 1.54) is 12.1 Å². The lowest BCUT2D eigenvalue weighted by Gasteiger charge is -2.27. The molecule has 0 saturated carbocycles. The average molecular weight is 416 g/mol. The predicted molar refractivity (Wildman–Crippen MR) is 108 cm³/mol. The monoisotopic (exact) mass is 416 g/mol. The summed E-state index contributed by atoms with van der Waals surface area (Å²) >= 11 is 0. The Morgan fingerprint density at radius 1 is 1.27 bits per heavy atom. The number of carbonyl (C=O) groups excluding carboxylic acids is 1. The minimum Gasteiger partial charge on any atom is -0.330 e. The Morgan fingerprint density at radius 3 is 2.67 bits per heavy atom. The van der Waals surface area contributed by atoms with Crippen LogP contribution >= 0.6 is 0 Å². The summed E-state index contributed by atoms with van der Waals surface area (Å²) in [5.74, 6) is -0.887. The van der Waals surface area contributed by atoms with Gasteiger partial charge in [-0.2, -0.15) is 0 Å². The number of carbonyl (C=O) groups is 1. The summed E-state index contributed by atoms with van der Waals surface area (Å²) in [5, 5.41) is 3.25. The molecular formula is C22H23F3N4O. The Morgan fingerprint density at radius 2 is 2.03 bits per heavy atom. The molecule has 3 heterocycles. The number of rotatable bonds is 6. The first-order valence-corrected chi connectivity index (χ1v) is 9.91. The largest absolute Gasteiger partial charge is 0.330 e. The van der Waals surface area contributed by atoms with Crippen molar-refractivity contribution in [3.8, 4) is 11.1 Å². The molecule has 1 aliphatic rings. The van der Waals surface area contributed by atoms with Gasteiger partial charge in [-0.3, -0.25) is 9.78 Å². The Labute approximate surface area is 172 Å². The summed E-state index contributed by atoms with van der Waals surface area (Å²) in [6.07, 6.45) is 2.56. The molecule has 1 amide bonds. The van der Waals surface area contributed by atoms with Crippen LogP contribution in [0.1, 0.15) is 35.8 Å². The lowest BCUT2D eigenvalue weighted by Crippen LogP contribution is -2.40. The molecule has 0 bridgehead atoms. The van der Waals surface area contributed by atoms with Crippen molar-refractivity contribution in [1.82, 2.24) is 19.6 Å². The fourth-order valence-corrected chi connectivity index (χ4v) is 3.87. The van der Waals surface area contributed by atoms with E-state index in [2.05, 4.69) is 10.3 Å². The molecule has 2 aromatic heterocycles. The molecule has 1 fully saturated rings. The molecule has 1 aliphatic heterocycles. The molecule has 30 heavy (non-hydrogen) atoms. The van der Waals surface area contributed by atoms with Crippen LogP contribution in [0.5, 0.6) is 0 Å². The Kier molecular flexibility index (Phi) is 5.51. The molecule has 1 saturated heterocycles. The second-order valence-electron chi connectivity index (χ2n) is 7.80. The number of nitrogens with one attached hydrogen (secondary N) is 1. The van der Waals surface area contributed by atoms with Gasteiger partial charge in [-0.25, -0.2) is 13.2 Å². The number of benzene rings is 1. The van der Waals surface area contributed by atoms with Crippen molar-refractivity contribution < 1.29 is 18.0 Å². The van der Waals surface area contributed by atoms with Crippen LogP contribution < -0.4 is 5.32 Å². The molecule has 0 unspecified atom stereocenters. The van der Waals surface area contributed by atoms with Crippen LogP contribution in [0.25, 0.3) is 16.6 Å². The van der Waals surface area contributed by atoms with Gasteiger partial charge in [0.2, 0.25) is 0 Å². The van der Waals surface area contributed by atoms with Crippen LogP contribution in [0.3, 0.4) is 0 Å². The van der Waals surface area contributed by atoms with Crippen molar-refractivity contribution in [2.24, 2.45) is 0 Å². The maximum atomic E-state index is 14.1. The first-order chi connectivity index (χ1) is 14.4. The van der Waals surface area contributed by atoms with Gasteiger partial charge < -0.3 is 14.6 Å². The van der Waals surface area contributed by atoms with E-state index in [4.69, 9.17) is 0 Å². The predicted octanol–water partition coefficient (Wildman–Crippen LogP) is 3.94. The van der Waals surface area contributed by atoms with E-state index in [9.17, 15) is 18.0 Å². The van der Waals surface area contributed by atoms with Gasteiger partial charge in [0.15, 0.2) is 0 Å². The number of alkyl halides is 2. The van der Waals surface area contributed by atoms with Crippen LogP contribution in [0.2, 0.25) is 0 Å². The zero-order chi connectivity index (χ0) is 21.4. The first-order valence-electron chi connectivity index (χ1n) is 9.91. The van der Waals surface area contributed by atoms with Gasteiger partial charge in [-0.05, 0) is 37.6 Å². The molecule has 1 aromatic carbocycles. The highest BCUT2D eigenvalue weighted by Gasteiger charge is 2.28. The van der Waals surface area contributed by atoms with E-state index in [-0.39, 0.29) is 5.56 Å². The number of fused-ring (bicyclic) bond motifs is 1. The summed E-state index contributed by atoms with van der Waals surface area (Å²) < 4.78 is 42.3.